The van der Waals surface area contributed by atoms with Gasteiger partial charge in [0.25, 0.3) is 0 Å². The Morgan fingerprint density at radius 2 is 1.12 bits per heavy atom. The maximum atomic E-state index is 14.8. The molecule has 7 aliphatic heterocycles. The van der Waals surface area contributed by atoms with Gasteiger partial charge in [0, 0.05) is 30.1 Å². The number of ether oxygens (including phenoxy) is 12. The average Bonchev–Trinajstić information content (AvgIpc) is 1.63. The third-order valence-electron chi connectivity index (χ3n) is 21.6. The van der Waals surface area contributed by atoms with Gasteiger partial charge in [-0.25, -0.2) is 0 Å². The van der Waals surface area contributed by atoms with Crippen molar-refractivity contribution < 1.29 is 138 Å². The minimum absolute atomic E-state index is 0.00937. The van der Waals surface area contributed by atoms with Gasteiger partial charge in [-0.1, -0.05) is 27.7 Å². The Balaban J connectivity index is 0.775. The molecule has 7 heterocycles. The molecule has 4 saturated carbocycles. The fraction of sp³-hybridized carbons (Fsp3) is 0.982. The molecule has 11 rings (SSSR count). The molecule has 4 aliphatic carbocycles. The van der Waals surface area contributed by atoms with Crippen molar-refractivity contribution in [3.8, 4) is 0 Å². The van der Waals surface area contributed by atoms with Crippen LogP contribution in [0.2, 0.25) is 0 Å². The molecule has 0 amide bonds. The second-order valence-corrected chi connectivity index (χ2v) is 26.3. The number of aliphatic hydroxyl groups is 15. The standard InChI is InChI=1S/C55H88O28/c1-19-7-8-55(74-16-19)20(2)34-28(83-55)10-24-22-6-5-21-9-27(25(59)12-53(21,3)23(22)11-33(61)54(24,34)4)75-50-44(71)40(67)45(31(15-58)78-50)80-52-47(82-51-43(70)39(66)36(63)29(13-56)76-51)46(38(65)30(14-57)77-52)81-49-42(69)37(64)32(18-73-49)79-48-41(68)35(62)26(60)17-72-48/h19-32,34-52,56-60,62-71H,5-18H2,1-4H3. The summed E-state index contributed by atoms with van der Waals surface area (Å²) in [6.45, 7) is 5.49. The van der Waals surface area contributed by atoms with Gasteiger partial charge in [0.1, 0.15) is 116 Å². The molecule has 36 atom stereocenters. The molecule has 476 valence electrons. The van der Waals surface area contributed by atoms with E-state index < -0.39 is 203 Å². The third kappa shape index (κ3) is 10.9. The molecule has 7 saturated heterocycles. The summed E-state index contributed by atoms with van der Waals surface area (Å²) in [7, 11) is 0. The van der Waals surface area contributed by atoms with Crippen LogP contribution in [0.4, 0.5) is 0 Å². The maximum Gasteiger partial charge on any atom is 0.187 e. The average molecular weight is 1200 g/mol. The summed E-state index contributed by atoms with van der Waals surface area (Å²) in [5, 5.41) is 164. The van der Waals surface area contributed by atoms with E-state index in [1.54, 1.807) is 0 Å². The first-order valence-electron chi connectivity index (χ1n) is 29.7. The molecule has 36 unspecified atom stereocenters. The number of aliphatic hydroxyl groups excluding tert-OH is 15. The minimum atomic E-state index is -2.09. The lowest BCUT2D eigenvalue weighted by atomic mass is 9.43. The highest BCUT2D eigenvalue weighted by molar-refractivity contribution is 5.87. The van der Waals surface area contributed by atoms with Gasteiger partial charge in [-0.2, -0.15) is 0 Å². The summed E-state index contributed by atoms with van der Waals surface area (Å²) in [6.07, 6.45) is -38.8. The topological polar surface area (TPSA) is 431 Å². The van der Waals surface area contributed by atoms with Gasteiger partial charge in [0.05, 0.1) is 58.0 Å². The molecular formula is C55H88O28. The van der Waals surface area contributed by atoms with E-state index in [9.17, 15) is 81.4 Å². The van der Waals surface area contributed by atoms with Gasteiger partial charge in [-0.05, 0) is 73.5 Å². The quantitative estimate of drug-likeness (QED) is 0.0765. The lowest BCUT2D eigenvalue weighted by molar-refractivity contribution is -0.406. The van der Waals surface area contributed by atoms with Crippen LogP contribution in [0.1, 0.15) is 79.1 Å². The second-order valence-electron chi connectivity index (χ2n) is 26.3. The Labute approximate surface area is 479 Å². The summed E-state index contributed by atoms with van der Waals surface area (Å²) in [5.41, 5.74) is -1.02. The van der Waals surface area contributed by atoms with Crippen LogP contribution in [0.25, 0.3) is 0 Å². The fourth-order valence-electron chi connectivity index (χ4n) is 16.8. The highest BCUT2D eigenvalue weighted by Crippen LogP contribution is 2.70. The van der Waals surface area contributed by atoms with Crippen LogP contribution in [-0.4, -0.2) is 287 Å². The van der Waals surface area contributed by atoms with E-state index in [0.717, 1.165) is 32.1 Å². The number of hydrogen-bond acceptors (Lipinski definition) is 28. The van der Waals surface area contributed by atoms with Crippen molar-refractivity contribution in [2.24, 2.45) is 52.3 Å². The van der Waals surface area contributed by atoms with Gasteiger partial charge in [-0.3, -0.25) is 4.79 Å². The number of rotatable bonds is 13. The van der Waals surface area contributed by atoms with Crippen molar-refractivity contribution in [1.82, 2.24) is 0 Å². The molecule has 11 fully saturated rings. The number of ketones is 1. The molecule has 0 radical (unpaired) electrons. The van der Waals surface area contributed by atoms with Crippen molar-refractivity contribution in [3.63, 3.8) is 0 Å². The van der Waals surface area contributed by atoms with Crippen LogP contribution >= 0.6 is 0 Å². The molecular weight excluding hydrogens is 1110 g/mol. The first-order chi connectivity index (χ1) is 39.4. The van der Waals surface area contributed by atoms with E-state index in [1.807, 2.05) is 0 Å². The second kappa shape index (κ2) is 24.4. The number of Topliss-reactive ketones (excluding diaryl/α,β-unsaturated/α-hetero) is 1. The van der Waals surface area contributed by atoms with Crippen molar-refractivity contribution in [3.05, 3.63) is 0 Å². The van der Waals surface area contributed by atoms with E-state index in [-0.39, 0.29) is 53.8 Å². The summed E-state index contributed by atoms with van der Waals surface area (Å²) in [4.78, 5) is 14.8. The molecule has 0 bridgehead atoms. The van der Waals surface area contributed by atoms with Gasteiger partial charge in [-0.15, -0.1) is 0 Å². The van der Waals surface area contributed by atoms with E-state index >= 15 is 0 Å². The summed E-state index contributed by atoms with van der Waals surface area (Å²) < 4.78 is 72.4. The predicted molar refractivity (Wildman–Crippen MR) is 271 cm³/mol. The molecule has 28 nitrogen and oxygen atoms in total. The highest BCUT2D eigenvalue weighted by Gasteiger charge is 2.72. The lowest BCUT2D eigenvalue weighted by Crippen LogP contribution is -2.68. The number of fused-ring (bicyclic) bond motifs is 7. The van der Waals surface area contributed by atoms with Crippen LogP contribution in [0, 0.1) is 52.3 Å². The Morgan fingerprint density at radius 3 is 1.82 bits per heavy atom. The molecule has 11 aliphatic rings. The van der Waals surface area contributed by atoms with Crippen molar-refractivity contribution in [2.75, 3.05) is 39.6 Å². The van der Waals surface area contributed by atoms with E-state index in [2.05, 4.69) is 27.7 Å². The normalized spacial score (nSPS) is 57.4. The summed E-state index contributed by atoms with van der Waals surface area (Å²) >= 11 is 0. The SMILES string of the molecule is CC1CCC2(OC1)OC1CC3C4CCC5CC(OC6OC(CO)C(OC7OC(CO)C(O)C(OC8OCC(OC9OCC(O)C(O)C9O)C(O)C8O)C7OC7OC(CO)C(O)C(O)C7O)C(O)C6O)C(O)CC5(C)C4CC(=O)C3(C)C1C2C. The van der Waals surface area contributed by atoms with Gasteiger partial charge in [0.15, 0.2) is 37.2 Å². The van der Waals surface area contributed by atoms with Crippen LogP contribution in [-0.2, 0) is 61.6 Å². The Bertz CT molecular complexity index is 2210. The monoisotopic (exact) mass is 1200 g/mol. The maximum absolute atomic E-state index is 14.8. The van der Waals surface area contributed by atoms with E-state index in [1.165, 1.54) is 0 Å². The molecule has 0 aromatic carbocycles. The first-order valence-corrected chi connectivity index (χ1v) is 29.7. The number of carbonyl (C=O) groups excluding carboxylic acids is 1. The molecule has 0 aromatic heterocycles. The largest absolute Gasteiger partial charge is 0.394 e. The smallest absolute Gasteiger partial charge is 0.187 e. The lowest BCUT2D eigenvalue weighted by Gasteiger charge is -2.61. The number of hydrogen-bond donors (Lipinski definition) is 15. The number of carbonyl (C=O) groups is 1. The third-order valence-corrected chi connectivity index (χ3v) is 21.6. The van der Waals surface area contributed by atoms with Crippen LogP contribution in [0.5, 0.6) is 0 Å². The van der Waals surface area contributed by atoms with Gasteiger partial charge >= 0.3 is 0 Å². The zero-order chi connectivity index (χ0) is 59.5. The van der Waals surface area contributed by atoms with Gasteiger partial charge < -0.3 is 133 Å². The fourth-order valence-corrected chi connectivity index (χ4v) is 16.8. The Kier molecular flexibility index (Phi) is 18.6. The van der Waals surface area contributed by atoms with E-state index in [4.69, 9.17) is 56.8 Å². The first kappa shape index (κ1) is 63.2. The summed E-state index contributed by atoms with van der Waals surface area (Å²) in [6, 6.07) is 0. The van der Waals surface area contributed by atoms with Crippen molar-refractivity contribution in [1.29, 1.82) is 0 Å². The molecule has 0 aromatic rings. The molecule has 83 heavy (non-hydrogen) atoms. The zero-order valence-corrected chi connectivity index (χ0v) is 47.0. The molecule has 28 heteroatoms. The van der Waals surface area contributed by atoms with E-state index in [0.29, 0.717) is 25.4 Å². The molecule has 15 N–H and O–H groups in total. The summed E-state index contributed by atoms with van der Waals surface area (Å²) in [5.74, 6) is 0.423. The van der Waals surface area contributed by atoms with Crippen molar-refractivity contribution in [2.45, 2.75) is 244 Å². The van der Waals surface area contributed by atoms with Crippen LogP contribution in [0.15, 0.2) is 0 Å². The van der Waals surface area contributed by atoms with Crippen LogP contribution in [0.3, 0.4) is 0 Å². The van der Waals surface area contributed by atoms with Crippen LogP contribution < -0.4 is 0 Å². The zero-order valence-electron chi connectivity index (χ0n) is 47.0. The minimum Gasteiger partial charge on any atom is -0.394 e. The Morgan fingerprint density at radius 1 is 0.530 bits per heavy atom. The van der Waals surface area contributed by atoms with Crippen molar-refractivity contribution >= 4 is 5.78 Å². The van der Waals surface area contributed by atoms with Gasteiger partial charge in [0.2, 0.25) is 0 Å². The predicted octanol–water partition coefficient (Wildman–Crippen LogP) is -5.66. The Hall–Kier alpha value is -1.41. The molecule has 1 spiro atoms. The highest BCUT2D eigenvalue weighted by atomic mass is 16.8.